The first-order chi connectivity index (χ1) is 14.7. The summed E-state index contributed by atoms with van der Waals surface area (Å²) in [6.45, 7) is 6.73. The van der Waals surface area contributed by atoms with Crippen molar-refractivity contribution in [3.8, 4) is 0 Å². The molecule has 1 saturated heterocycles. The maximum atomic E-state index is 12.0. The van der Waals surface area contributed by atoms with Gasteiger partial charge >= 0.3 is 0 Å². The van der Waals surface area contributed by atoms with Crippen LogP contribution in [0.2, 0.25) is 0 Å². The average molecular weight is 425 g/mol. The highest BCUT2D eigenvalue weighted by molar-refractivity contribution is 5.74. The molecular formula is C25H32N2O4. The van der Waals surface area contributed by atoms with E-state index < -0.39 is 18.0 Å². The number of carbonyl (C=O) groups excluding carboxylic acids is 2. The molecule has 1 heterocycles. The Hall–Kier alpha value is -2.70. The topological polar surface area (TPSA) is 76.7 Å². The van der Waals surface area contributed by atoms with Gasteiger partial charge in [0.15, 0.2) is 5.79 Å². The summed E-state index contributed by atoms with van der Waals surface area (Å²) in [7, 11) is 0. The summed E-state index contributed by atoms with van der Waals surface area (Å²) in [6, 6.07) is 19.3. The van der Waals surface area contributed by atoms with Gasteiger partial charge < -0.3 is 20.1 Å². The third-order valence-corrected chi connectivity index (χ3v) is 5.33. The third-order valence-electron chi connectivity index (χ3n) is 5.33. The Morgan fingerprint density at radius 3 is 1.45 bits per heavy atom. The van der Waals surface area contributed by atoms with Crippen LogP contribution in [0, 0.1) is 0 Å². The molecule has 1 aliphatic rings. The molecule has 2 N–H and O–H groups in total. The van der Waals surface area contributed by atoms with Gasteiger partial charge in [0.1, 0.15) is 12.2 Å². The second-order valence-electron chi connectivity index (χ2n) is 8.56. The normalized spacial score (nSPS) is 21.8. The molecular weight excluding hydrogens is 392 g/mol. The highest BCUT2D eigenvalue weighted by atomic mass is 16.8. The summed E-state index contributed by atoms with van der Waals surface area (Å²) in [5, 5.41) is 6.11. The Balaban J connectivity index is 1.91. The van der Waals surface area contributed by atoms with Gasteiger partial charge in [-0.15, -0.1) is 0 Å². The molecule has 0 spiro atoms. The van der Waals surface area contributed by atoms with Crippen LogP contribution in [0.3, 0.4) is 0 Å². The molecule has 0 bridgehead atoms. The predicted octanol–water partition coefficient (Wildman–Crippen LogP) is 3.00. The van der Waals surface area contributed by atoms with E-state index in [2.05, 4.69) is 10.6 Å². The van der Waals surface area contributed by atoms with E-state index in [4.69, 9.17) is 9.47 Å². The van der Waals surface area contributed by atoms with Crippen molar-refractivity contribution in [3.05, 3.63) is 71.8 Å². The summed E-state index contributed by atoms with van der Waals surface area (Å²) in [5.74, 6) is -1.10. The minimum absolute atomic E-state index is 0.132. The Morgan fingerprint density at radius 1 is 0.774 bits per heavy atom. The van der Waals surface area contributed by atoms with Crippen molar-refractivity contribution >= 4 is 11.8 Å². The largest absolute Gasteiger partial charge is 0.351 e. The summed E-state index contributed by atoms with van der Waals surface area (Å²) in [4.78, 5) is 24.1. The highest BCUT2D eigenvalue weighted by Crippen LogP contribution is 2.33. The highest BCUT2D eigenvalue weighted by Gasteiger charge is 2.48. The number of carbonyl (C=O) groups is 2. The predicted molar refractivity (Wildman–Crippen MR) is 119 cm³/mol. The molecule has 31 heavy (non-hydrogen) atoms. The van der Waals surface area contributed by atoms with E-state index in [0.717, 1.165) is 11.1 Å². The molecule has 0 radical (unpaired) electrons. The number of hydrogen-bond acceptors (Lipinski definition) is 4. The van der Waals surface area contributed by atoms with Gasteiger partial charge in [0, 0.05) is 13.8 Å². The first kappa shape index (κ1) is 23.0. The number of hydrogen-bond donors (Lipinski definition) is 2. The number of benzene rings is 2. The Morgan fingerprint density at radius 2 is 1.13 bits per heavy atom. The monoisotopic (exact) mass is 424 g/mol. The van der Waals surface area contributed by atoms with Crippen LogP contribution >= 0.6 is 0 Å². The molecule has 166 valence electrons. The molecule has 3 rings (SSSR count). The standard InChI is InChI=1S/C25H32N2O4/c1-17(28)26-21(15-19-11-7-5-8-12-19)23-24(31-25(3,4)30-23)22(27-18(2)29)16-20-13-9-6-10-14-20/h5-14,21-24H,15-16H2,1-4H3,(H,26,28)(H,27,29)/t21-,22-,23+,24+/m1/s1. The fraction of sp³-hybridized carbons (Fsp3) is 0.440. The van der Waals surface area contributed by atoms with Crippen molar-refractivity contribution < 1.29 is 19.1 Å². The van der Waals surface area contributed by atoms with Crippen molar-refractivity contribution in [2.24, 2.45) is 0 Å². The van der Waals surface area contributed by atoms with Crippen molar-refractivity contribution in [3.63, 3.8) is 0 Å². The van der Waals surface area contributed by atoms with E-state index in [0.29, 0.717) is 12.8 Å². The molecule has 1 aliphatic heterocycles. The Bertz CT molecular complexity index is 798. The fourth-order valence-corrected chi connectivity index (χ4v) is 4.20. The molecule has 0 unspecified atom stereocenters. The van der Waals surface area contributed by atoms with Crippen LogP contribution in [-0.2, 0) is 31.9 Å². The average Bonchev–Trinajstić information content (AvgIpc) is 3.03. The van der Waals surface area contributed by atoms with E-state index >= 15 is 0 Å². The van der Waals surface area contributed by atoms with Gasteiger partial charge in [-0.3, -0.25) is 9.59 Å². The van der Waals surface area contributed by atoms with Crippen molar-refractivity contribution in [2.45, 2.75) is 70.6 Å². The lowest BCUT2D eigenvalue weighted by Crippen LogP contribution is -2.55. The van der Waals surface area contributed by atoms with Crippen molar-refractivity contribution in [2.75, 3.05) is 0 Å². The van der Waals surface area contributed by atoms with Gasteiger partial charge in [-0.05, 0) is 37.8 Å². The molecule has 2 aromatic rings. The summed E-state index contributed by atoms with van der Waals surface area (Å²) in [6.07, 6.45) is 0.331. The van der Waals surface area contributed by atoms with Crippen molar-refractivity contribution in [1.82, 2.24) is 10.6 Å². The number of amides is 2. The van der Waals surface area contributed by atoms with Crippen LogP contribution in [0.1, 0.15) is 38.8 Å². The maximum absolute atomic E-state index is 12.0. The van der Waals surface area contributed by atoms with E-state index in [1.165, 1.54) is 13.8 Å². The van der Waals surface area contributed by atoms with Gasteiger partial charge in [-0.1, -0.05) is 60.7 Å². The van der Waals surface area contributed by atoms with E-state index in [1.54, 1.807) is 0 Å². The maximum Gasteiger partial charge on any atom is 0.217 e. The lowest BCUT2D eigenvalue weighted by atomic mass is 9.91. The molecule has 0 saturated carbocycles. The molecule has 4 atom stereocenters. The quantitative estimate of drug-likeness (QED) is 0.683. The van der Waals surface area contributed by atoms with Gasteiger partial charge in [0.25, 0.3) is 0 Å². The number of rotatable bonds is 8. The zero-order chi connectivity index (χ0) is 22.4. The van der Waals surface area contributed by atoms with Gasteiger partial charge in [-0.25, -0.2) is 0 Å². The van der Waals surface area contributed by atoms with E-state index in [-0.39, 0.29) is 23.9 Å². The van der Waals surface area contributed by atoms with Crippen LogP contribution in [0.4, 0.5) is 0 Å². The second kappa shape index (κ2) is 10.1. The second-order valence-corrected chi connectivity index (χ2v) is 8.56. The van der Waals surface area contributed by atoms with Crippen LogP contribution in [0.5, 0.6) is 0 Å². The van der Waals surface area contributed by atoms with Gasteiger partial charge in [0.2, 0.25) is 11.8 Å². The van der Waals surface area contributed by atoms with Crippen LogP contribution in [-0.4, -0.2) is 41.9 Å². The SMILES string of the molecule is CC(=O)N[C@H](Cc1ccccc1)[C@@H]1OC(C)(C)O[C@H]1[C@@H](Cc1ccccc1)NC(C)=O. The minimum atomic E-state index is -0.837. The number of nitrogens with one attached hydrogen (secondary N) is 2. The molecule has 0 aromatic heterocycles. The molecule has 2 amide bonds. The van der Waals surface area contributed by atoms with Crippen LogP contribution < -0.4 is 10.6 Å². The van der Waals surface area contributed by atoms with Crippen molar-refractivity contribution in [1.29, 1.82) is 0 Å². The lowest BCUT2D eigenvalue weighted by Gasteiger charge is -2.32. The lowest BCUT2D eigenvalue weighted by molar-refractivity contribution is -0.152. The Labute approximate surface area is 184 Å². The van der Waals surface area contributed by atoms with Crippen LogP contribution in [0.15, 0.2) is 60.7 Å². The zero-order valence-electron chi connectivity index (χ0n) is 18.6. The summed E-state index contributed by atoms with van der Waals surface area (Å²) < 4.78 is 12.6. The molecule has 1 fully saturated rings. The minimum Gasteiger partial charge on any atom is -0.351 e. The summed E-state index contributed by atoms with van der Waals surface area (Å²) >= 11 is 0. The van der Waals surface area contributed by atoms with Gasteiger partial charge in [0.05, 0.1) is 12.1 Å². The smallest absolute Gasteiger partial charge is 0.217 e. The molecule has 2 aromatic carbocycles. The fourth-order valence-electron chi connectivity index (χ4n) is 4.20. The van der Waals surface area contributed by atoms with E-state index in [9.17, 15) is 9.59 Å². The Kier molecular flexibility index (Phi) is 7.46. The molecule has 0 aliphatic carbocycles. The first-order valence-corrected chi connectivity index (χ1v) is 10.7. The third kappa shape index (κ3) is 6.64. The van der Waals surface area contributed by atoms with Crippen LogP contribution in [0.25, 0.3) is 0 Å². The number of ether oxygens (including phenoxy) is 2. The summed E-state index contributed by atoms with van der Waals surface area (Å²) in [5.41, 5.74) is 2.18. The van der Waals surface area contributed by atoms with E-state index in [1.807, 2.05) is 74.5 Å². The molecule has 6 heteroatoms. The molecule has 6 nitrogen and oxygen atoms in total. The first-order valence-electron chi connectivity index (χ1n) is 10.7. The zero-order valence-corrected chi connectivity index (χ0v) is 18.6. The van der Waals surface area contributed by atoms with Gasteiger partial charge in [-0.2, -0.15) is 0 Å².